The Morgan fingerprint density at radius 3 is 2.79 bits per heavy atom. The number of amides is 1. The van der Waals surface area contributed by atoms with E-state index in [4.69, 9.17) is 4.42 Å². The zero-order chi connectivity index (χ0) is 19.5. The lowest BCUT2D eigenvalue weighted by molar-refractivity contribution is -0.119. The molecule has 0 aliphatic carbocycles. The zero-order valence-electron chi connectivity index (χ0n) is 15.5. The number of carbonyl (C=O) groups excluding carboxylic acids is 1. The summed E-state index contributed by atoms with van der Waals surface area (Å²) in [5.74, 6) is 0.817. The van der Waals surface area contributed by atoms with E-state index in [1.807, 2.05) is 68.4 Å². The highest BCUT2D eigenvalue weighted by Gasteiger charge is 2.16. The average molecular weight is 393 g/mol. The van der Waals surface area contributed by atoms with E-state index in [1.165, 1.54) is 11.8 Å². The molecule has 0 bridgehead atoms. The highest BCUT2D eigenvalue weighted by atomic mass is 32.2. The van der Waals surface area contributed by atoms with Crippen LogP contribution in [0.3, 0.4) is 0 Å². The van der Waals surface area contributed by atoms with Crippen molar-refractivity contribution in [2.75, 3.05) is 5.75 Å². The molecule has 0 spiro atoms. The standard InChI is InChI=1S/C20H19N5O2S/c1-13-7-9-16(10-8-13)25-20(22-23-24-25)28-12-19(26)21-14(2)18-11-15-5-3-4-6-17(15)27-18/h3-11,14H,12H2,1-2H3,(H,21,26)/t14-/m0/s1. The van der Waals surface area contributed by atoms with Crippen LogP contribution < -0.4 is 5.32 Å². The Bertz CT molecular complexity index is 1070. The molecule has 0 saturated heterocycles. The second-order valence-corrected chi connectivity index (χ2v) is 7.42. The van der Waals surface area contributed by atoms with Crippen LogP contribution in [-0.2, 0) is 4.79 Å². The molecule has 2 heterocycles. The van der Waals surface area contributed by atoms with Gasteiger partial charge in [0.25, 0.3) is 0 Å². The fraction of sp³-hybridized carbons (Fsp3) is 0.200. The second kappa shape index (κ2) is 7.85. The van der Waals surface area contributed by atoms with Gasteiger partial charge in [0.15, 0.2) is 0 Å². The Labute approximate surface area is 166 Å². The van der Waals surface area contributed by atoms with E-state index >= 15 is 0 Å². The Hall–Kier alpha value is -3.13. The van der Waals surface area contributed by atoms with E-state index in [1.54, 1.807) is 4.68 Å². The number of aryl methyl sites for hydroxylation is 1. The van der Waals surface area contributed by atoms with Crippen molar-refractivity contribution in [3.8, 4) is 5.69 Å². The molecule has 0 radical (unpaired) electrons. The topological polar surface area (TPSA) is 85.8 Å². The molecule has 0 fully saturated rings. The molecule has 28 heavy (non-hydrogen) atoms. The third-order valence-electron chi connectivity index (χ3n) is 4.30. The number of furan rings is 1. The molecule has 1 atom stereocenters. The van der Waals surface area contributed by atoms with E-state index in [0.717, 1.165) is 28.0 Å². The molecule has 1 amide bonds. The Balaban J connectivity index is 1.38. The third kappa shape index (κ3) is 3.91. The highest BCUT2D eigenvalue weighted by molar-refractivity contribution is 7.99. The monoisotopic (exact) mass is 393 g/mol. The fourth-order valence-electron chi connectivity index (χ4n) is 2.82. The summed E-state index contributed by atoms with van der Waals surface area (Å²) in [5, 5.41) is 16.3. The molecule has 0 aliphatic heterocycles. The van der Waals surface area contributed by atoms with Gasteiger partial charge in [-0.2, -0.15) is 4.68 Å². The molecule has 0 aliphatic rings. The minimum absolute atomic E-state index is 0.114. The number of nitrogens with one attached hydrogen (secondary N) is 1. The summed E-state index contributed by atoms with van der Waals surface area (Å²) in [6, 6.07) is 17.4. The molecule has 2 aromatic carbocycles. The van der Waals surface area contributed by atoms with Crippen LogP contribution in [-0.4, -0.2) is 31.9 Å². The first-order chi connectivity index (χ1) is 13.6. The van der Waals surface area contributed by atoms with Gasteiger partial charge < -0.3 is 9.73 Å². The molecule has 0 unspecified atom stereocenters. The maximum atomic E-state index is 12.4. The van der Waals surface area contributed by atoms with Crippen LogP contribution in [0.5, 0.6) is 0 Å². The van der Waals surface area contributed by atoms with Crippen molar-refractivity contribution < 1.29 is 9.21 Å². The van der Waals surface area contributed by atoms with E-state index < -0.39 is 0 Å². The Morgan fingerprint density at radius 2 is 2.00 bits per heavy atom. The number of nitrogens with zero attached hydrogens (tertiary/aromatic N) is 4. The number of hydrogen-bond donors (Lipinski definition) is 1. The first kappa shape index (κ1) is 18.2. The fourth-order valence-corrected chi connectivity index (χ4v) is 3.52. The van der Waals surface area contributed by atoms with Gasteiger partial charge in [-0.05, 0) is 48.5 Å². The molecular formula is C20H19N5O2S. The van der Waals surface area contributed by atoms with Gasteiger partial charge in [-0.25, -0.2) is 0 Å². The van der Waals surface area contributed by atoms with Gasteiger partial charge in [0.05, 0.1) is 17.5 Å². The predicted molar refractivity (Wildman–Crippen MR) is 107 cm³/mol. The van der Waals surface area contributed by atoms with Crippen LogP contribution >= 0.6 is 11.8 Å². The number of rotatable bonds is 6. The van der Waals surface area contributed by atoms with E-state index in [-0.39, 0.29) is 17.7 Å². The minimum atomic E-state index is -0.228. The molecule has 142 valence electrons. The smallest absolute Gasteiger partial charge is 0.231 e. The molecule has 1 N–H and O–H groups in total. The Morgan fingerprint density at radius 1 is 1.21 bits per heavy atom. The number of thioether (sulfide) groups is 1. The number of benzene rings is 2. The quantitative estimate of drug-likeness (QED) is 0.503. The largest absolute Gasteiger partial charge is 0.459 e. The Kier molecular flexibility index (Phi) is 5.12. The van der Waals surface area contributed by atoms with Crippen LogP contribution in [0.1, 0.15) is 24.3 Å². The predicted octanol–water partition coefficient (Wildman–Crippen LogP) is 3.69. The first-order valence-corrected chi connectivity index (χ1v) is 9.85. The van der Waals surface area contributed by atoms with Crippen molar-refractivity contribution in [3.63, 3.8) is 0 Å². The van der Waals surface area contributed by atoms with Gasteiger partial charge in [0, 0.05) is 5.39 Å². The lowest BCUT2D eigenvalue weighted by atomic mass is 10.2. The van der Waals surface area contributed by atoms with E-state index in [0.29, 0.717) is 5.16 Å². The van der Waals surface area contributed by atoms with Crippen LogP contribution in [0, 0.1) is 6.92 Å². The molecule has 0 saturated carbocycles. The zero-order valence-corrected chi connectivity index (χ0v) is 16.3. The van der Waals surface area contributed by atoms with Gasteiger partial charge in [-0.1, -0.05) is 47.7 Å². The second-order valence-electron chi connectivity index (χ2n) is 6.47. The maximum Gasteiger partial charge on any atom is 0.231 e. The number of hydrogen-bond acceptors (Lipinski definition) is 6. The highest BCUT2D eigenvalue weighted by Crippen LogP contribution is 2.24. The summed E-state index contributed by atoms with van der Waals surface area (Å²) < 4.78 is 7.43. The van der Waals surface area contributed by atoms with Crippen molar-refractivity contribution >= 4 is 28.6 Å². The summed E-state index contributed by atoms with van der Waals surface area (Å²) in [4.78, 5) is 12.4. The van der Waals surface area contributed by atoms with Crippen LogP contribution in [0.2, 0.25) is 0 Å². The average Bonchev–Trinajstić information content (AvgIpc) is 3.34. The molecule has 2 aromatic heterocycles. The maximum absolute atomic E-state index is 12.4. The number of para-hydroxylation sites is 1. The number of tetrazole rings is 1. The molecular weight excluding hydrogens is 374 g/mol. The van der Waals surface area contributed by atoms with Crippen LogP contribution in [0.25, 0.3) is 16.7 Å². The summed E-state index contributed by atoms with van der Waals surface area (Å²) in [6.07, 6.45) is 0. The van der Waals surface area contributed by atoms with Crippen LogP contribution in [0.15, 0.2) is 64.2 Å². The molecule has 4 aromatic rings. The van der Waals surface area contributed by atoms with E-state index in [2.05, 4.69) is 20.8 Å². The van der Waals surface area contributed by atoms with Crippen molar-refractivity contribution in [1.82, 2.24) is 25.5 Å². The lowest BCUT2D eigenvalue weighted by Crippen LogP contribution is -2.28. The SMILES string of the molecule is Cc1ccc(-n2nnnc2SCC(=O)N[C@@H](C)c2cc3ccccc3o2)cc1. The van der Waals surface area contributed by atoms with Crippen molar-refractivity contribution in [2.45, 2.75) is 25.0 Å². The first-order valence-electron chi connectivity index (χ1n) is 8.86. The third-order valence-corrected chi connectivity index (χ3v) is 5.22. The van der Waals surface area contributed by atoms with Crippen molar-refractivity contribution in [3.05, 3.63) is 65.9 Å². The van der Waals surface area contributed by atoms with Crippen molar-refractivity contribution in [2.24, 2.45) is 0 Å². The van der Waals surface area contributed by atoms with Gasteiger partial charge >= 0.3 is 0 Å². The van der Waals surface area contributed by atoms with Gasteiger partial charge in [0.1, 0.15) is 11.3 Å². The molecule has 4 rings (SSSR count). The molecule has 8 heteroatoms. The van der Waals surface area contributed by atoms with E-state index in [9.17, 15) is 4.79 Å². The number of fused-ring (bicyclic) bond motifs is 1. The number of aromatic nitrogens is 4. The minimum Gasteiger partial charge on any atom is -0.459 e. The summed E-state index contributed by atoms with van der Waals surface area (Å²) in [6.45, 7) is 3.92. The summed E-state index contributed by atoms with van der Waals surface area (Å²) in [7, 11) is 0. The van der Waals surface area contributed by atoms with Gasteiger partial charge in [-0.3, -0.25) is 4.79 Å². The lowest BCUT2D eigenvalue weighted by Gasteiger charge is -2.11. The summed E-state index contributed by atoms with van der Waals surface area (Å²) >= 11 is 1.29. The number of carbonyl (C=O) groups is 1. The normalized spacial score (nSPS) is 12.2. The van der Waals surface area contributed by atoms with Crippen molar-refractivity contribution in [1.29, 1.82) is 0 Å². The summed E-state index contributed by atoms with van der Waals surface area (Å²) in [5.41, 5.74) is 2.82. The van der Waals surface area contributed by atoms with Gasteiger partial charge in [0.2, 0.25) is 11.1 Å². The van der Waals surface area contributed by atoms with Crippen LogP contribution in [0.4, 0.5) is 0 Å². The van der Waals surface area contributed by atoms with Gasteiger partial charge in [-0.15, -0.1) is 5.10 Å². The molecule has 7 nitrogen and oxygen atoms in total.